The van der Waals surface area contributed by atoms with Gasteiger partial charge >= 0.3 is 0 Å². The van der Waals surface area contributed by atoms with Gasteiger partial charge in [0, 0.05) is 30.3 Å². The second kappa shape index (κ2) is 7.73. The number of hydrogen-bond donors (Lipinski definition) is 0. The number of rotatable bonds is 5. The minimum absolute atomic E-state index is 0.0921. The molecule has 1 fully saturated rings. The van der Waals surface area contributed by atoms with Gasteiger partial charge in [0.05, 0.1) is 6.54 Å². The molecule has 0 spiro atoms. The minimum atomic E-state index is -0.0921. The fourth-order valence-electron chi connectivity index (χ4n) is 2.87. The predicted molar refractivity (Wildman–Crippen MR) is 106 cm³/mol. The summed E-state index contributed by atoms with van der Waals surface area (Å²) in [6.07, 6.45) is 3.93. The Morgan fingerprint density at radius 2 is 2.00 bits per heavy atom. The zero-order valence-corrected chi connectivity index (χ0v) is 16.1. The topological polar surface area (TPSA) is 61.9 Å². The van der Waals surface area contributed by atoms with Crippen LogP contribution in [-0.4, -0.2) is 19.3 Å². The molecule has 142 valence electrons. The molecule has 2 heterocycles. The monoisotopic (exact) mass is 374 g/mol. The quantitative estimate of drug-likeness (QED) is 0.644. The SMILES string of the molecule is Cc1cc(OCc2ncnn2C)cc(=O)n1Cc1ccc(C#CC2CC2)cc1. The number of benzene rings is 1. The van der Waals surface area contributed by atoms with Crippen LogP contribution in [0, 0.1) is 24.7 Å². The molecule has 1 aliphatic rings. The second-order valence-electron chi connectivity index (χ2n) is 7.09. The average molecular weight is 374 g/mol. The van der Waals surface area contributed by atoms with E-state index >= 15 is 0 Å². The standard InChI is InChI=1S/C22H22N4O2/c1-16-11-20(28-14-21-23-15-24-25(21)2)12-22(27)26(16)13-19-9-7-18(8-10-19)6-5-17-3-4-17/h7-12,15,17H,3-4,13-14H2,1-2H3. The molecule has 0 N–H and O–H groups in total. The Morgan fingerprint density at radius 1 is 1.21 bits per heavy atom. The van der Waals surface area contributed by atoms with Crippen molar-refractivity contribution in [3.05, 3.63) is 75.7 Å². The third-order valence-electron chi connectivity index (χ3n) is 4.77. The maximum absolute atomic E-state index is 12.6. The molecule has 6 heteroatoms. The molecule has 0 unspecified atom stereocenters. The van der Waals surface area contributed by atoms with Gasteiger partial charge in [-0.1, -0.05) is 24.0 Å². The summed E-state index contributed by atoms with van der Waals surface area (Å²) in [6, 6.07) is 11.5. The zero-order valence-electron chi connectivity index (χ0n) is 16.1. The number of pyridine rings is 1. The molecule has 2 aromatic heterocycles. The second-order valence-corrected chi connectivity index (χ2v) is 7.09. The average Bonchev–Trinajstić information content (AvgIpc) is 3.43. The van der Waals surface area contributed by atoms with Crippen LogP contribution in [-0.2, 0) is 20.2 Å². The Morgan fingerprint density at radius 3 is 2.64 bits per heavy atom. The molecule has 28 heavy (non-hydrogen) atoms. The lowest BCUT2D eigenvalue weighted by atomic mass is 10.1. The van der Waals surface area contributed by atoms with Gasteiger partial charge in [-0.3, -0.25) is 9.48 Å². The van der Waals surface area contributed by atoms with Crippen molar-refractivity contribution in [2.45, 2.75) is 32.9 Å². The summed E-state index contributed by atoms with van der Waals surface area (Å²) in [7, 11) is 1.80. The van der Waals surface area contributed by atoms with Crippen LogP contribution in [0.3, 0.4) is 0 Å². The van der Waals surface area contributed by atoms with Crippen molar-refractivity contribution in [2.24, 2.45) is 13.0 Å². The molecule has 4 rings (SSSR count). The summed E-state index contributed by atoms with van der Waals surface area (Å²) in [6.45, 7) is 2.69. The molecule has 3 aromatic rings. The van der Waals surface area contributed by atoms with Crippen molar-refractivity contribution in [1.29, 1.82) is 0 Å². The summed E-state index contributed by atoms with van der Waals surface area (Å²) in [4.78, 5) is 16.7. The lowest BCUT2D eigenvalue weighted by Crippen LogP contribution is -2.22. The summed E-state index contributed by atoms with van der Waals surface area (Å²) < 4.78 is 9.09. The van der Waals surface area contributed by atoms with Gasteiger partial charge in [-0.2, -0.15) is 5.10 Å². The predicted octanol–water partition coefficient (Wildman–Crippen LogP) is 2.67. The van der Waals surface area contributed by atoms with Gasteiger partial charge < -0.3 is 9.30 Å². The van der Waals surface area contributed by atoms with Gasteiger partial charge in [0.15, 0.2) is 5.82 Å². The van der Waals surface area contributed by atoms with Crippen LogP contribution in [0.15, 0.2) is 47.5 Å². The smallest absolute Gasteiger partial charge is 0.254 e. The molecule has 0 aliphatic heterocycles. The highest BCUT2D eigenvalue weighted by atomic mass is 16.5. The highest BCUT2D eigenvalue weighted by Gasteiger charge is 2.17. The van der Waals surface area contributed by atoms with E-state index < -0.39 is 0 Å². The summed E-state index contributed by atoms with van der Waals surface area (Å²) in [5.74, 6) is 8.30. The van der Waals surface area contributed by atoms with E-state index in [4.69, 9.17) is 4.74 Å². The third kappa shape index (κ3) is 4.32. The molecule has 0 atom stereocenters. The maximum Gasteiger partial charge on any atom is 0.254 e. The molecule has 1 aliphatic carbocycles. The molecule has 0 radical (unpaired) electrons. The maximum atomic E-state index is 12.6. The van der Waals surface area contributed by atoms with Gasteiger partial charge in [0.25, 0.3) is 5.56 Å². The normalized spacial score (nSPS) is 13.1. The van der Waals surface area contributed by atoms with E-state index in [0.717, 1.165) is 16.8 Å². The van der Waals surface area contributed by atoms with Gasteiger partial charge in [0.2, 0.25) is 0 Å². The highest BCUT2D eigenvalue weighted by molar-refractivity contribution is 5.37. The van der Waals surface area contributed by atoms with Crippen molar-refractivity contribution >= 4 is 0 Å². The molecule has 0 bridgehead atoms. The summed E-state index contributed by atoms with van der Waals surface area (Å²) in [5.41, 5.74) is 2.84. The van der Waals surface area contributed by atoms with E-state index in [1.165, 1.54) is 25.2 Å². The van der Waals surface area contributed by atoms with Gasteiger partial charge in [-0.25, -0.2) is 4.98 Å². The van der Waals surface area contributed by atoms with E-state index in [9.17, 15) is 4.79 Å². The Balaban J connectivity index is 1.45. The molecular formula is C22H22N4O2. The van der Waals surface area contributed by atoms with Gasteiger partial charge in [-0.05, 0) is 43.5 Å². The molecule has 0 amide bonds. The van der Waals surface area contributed by atoms with Crippen molar-refractivity contribution in [3.8, 4) is 17.6 Å². The first-order valence-corrected chi connectivity index (χ1v) is 9.36. The van der Waals surface area contributed by atoms with Crippen LogP contribution in [0.4, 0.5) is 0 Å². The lowest BCUT2D eigenvalue weighted by Gasteiger charge is -2.12. The Kier molecular flexibility index (Phi) is 4.98. The van der Waals surface area contributed by atoms with Crippen LogP contribution >= 0.6 is 0 Å². The number of aromatic nitrogens is 4. The molecule has 6 nitrogen and oxygen atoms in total. The number of nitrogens with zero attached hydrogens (tertiary/aromatic N) is 4. The van der Waals surface area contributed by atoms with Crippen molar-refractivity contribution < 1.29 is 4.74 Å². The van der Waals surface area contributed by atoms with E-state index in [1.807, 2.05) is 37.3 Å². The van der Waals surface area contributed by atoms with Crippen molar-refractivity contribution in [1.82, 2.24) is 19.3 Å². The molecule has 0 saturated heterocycles. The van der Waals surface area contributed by atoms with Crippen LogP contribution in [0.5, 0.6) is 5.75 Å². The Hall–Kier alpha value is -3.33. The van der Waals surface area contributed by atoms with Crippen LogP contribution < -0.4 is 10.3 Å². The van der Waals surface area contributed by atoms with E-state index in [1.54, 1.807) is 16.3 Å². The van der Waals surface area contributed by atoms with Gasteiger partial charge in [-0.15, -0.1) is 0 Å². The zero-order chi connectivity index (χ0) is 19.5. The summed E-state index contributed by atoms with van der Waals surface area (Å²) in [5, 5.41) is 4.01. The fourth-order valence-corrected chi connectivity index (χ4v) is 2.87. The number of ether oxygens (including phenoxy) is 1. The fraction of sp³-hybridized carbons (Fsp3) is 0.318. The number of hydrogen-bond acceptors (Lipinski definition) is 4. The van der Waals surface area contributed by atoms with E-state index in [-0.39, 0.29) is 12.2 Å². The first-order chi connectivity index (χ1) is 13.6. The van der Waals surface area contributed by atoms with Crippen molar-refractivity contribution in [2.75, 3.05) is 0 Å². The first kappa shape index (κ1) is 18.1. The van der Waals surface area contributed by atoms with E-state index in [2.05, 4.69) is 21.9 Å². The number of aryl methyl sites for hydroxylation is 2. The van der Waals surface area contributed by atoms with E-state index in [0.29, 0.717) is 24.0 Å². The largest absolute Gasteiger partial charge is 0.485 e. The molecular weight excluding hydrogens is 352 g/mol. The lowest BCUT2D eigenvalue weighted by molar-refractivity contribution is 0.288. The van der Waals surface area contributed by atoms with Crippen molar-refractivity contribution in [3.63, 3.8) is 0 Å². The minimum Gasteiger partial charge on any atom is -0.485 e. The Bertz CT molecular complexity index is 1100. The molecule has 1 aromatic carbocycles. The summed E-state index contributed by atoms with van der Waals surface area (Å²) >= 11 is 0. The van der Waals surface area contributed by atoms with Crippen LogP contribution in [0.25, 0.3) is 0 Å². The highest BCUT2D eigenvalue weighted by Crippen LogP contribution is 2.27. The van der Waals surface area contributed by atoms with Gasteiger partial charge in [0.1, 0.15) is 18.7 Å². The van der Waals surface area contributed by atoms with Crippen LogP contribution in [0.2, 0.25) is 0 Å². The third-order valence-corrected chi connectivity index (χ3v) is 4.77. The van der Waals surface area contributed by atoms with Crippen LogP contribution in [0.1, 0.15) is 35.5 Å². The molecule has 1 saturated carbocycles. The first-order valence-electron chi connectivity index (χ1n) is 9.36. The Labute approximate surface area is 163 Å².